The molecule has 2 rings (SSSR count). The van der Waals surface area contributed by atoms with Gasteiger partial charge in [-0.15, -0.1) is 18.2 Å². The lowest BCUT2D eigenvalue weighted by atomic mass is 10.1. The first kappa shape index (κ1) is 12.2. The van der Waals surface area contributed by atoms with Crippen LogP contribution in [0.15, 0.2) is 18.2 Å². The quantitative estimate of drug-likeness (QED) is 0.616. The van der Waals surface area contributed by atoms with Crippen molar-refractivity contribution in [3.63, 3.8) is 0 Å². The molecule has 1 heterocycles. The molecule has 1 aliphatic heterocycles. The van der Waals surface area contributed by atoms with E-state index in [0.717, 1.165) is 29.4 Å². The molecule has 0 saturated heterocycles. The number of benzene rings is 1. The van der Waals surface area contributed by atoms with Crippen molar-refractivity contribution in [3.8, 4) is 23.8 Å². The van der Waals surface area contributed by atoms with Gasteiger partial charge in [0.2, 0.25) is 0 Å². The number of aromatic hydroxyl groups is 1. The zero-order valence-electron chi connectivity index (χ0n) is 9.48. The fourth-order valence-corrected chi connectivity index (χ4v) is 2.33. The van der Waals surface area contributed by atoms with Gasteiger partial charge in [-0.2, -0.15) is 0 Å². The molecule has 1 unspecified atom stereocenters. The summed E-state index contributed by atoms with van der Waals surface area (Å²) < 4.78 is 5.51. The molecule has 4 heteroatoms. The SMILES string of the molecule is C#CCSCCNC1COc2cc(O)ccc21. The Balaban J connectivity index is 1.83. The Hall–Kier alpha value is -1.31. The molecular weight excluding hydrogens is 234 g/mol. The number of hydrogen-bond acceptors (Lipinski definition) is 4. The van der Waals surface area contributed by atoms with Crippen molar-refractivity contribution in [2.24, 2.45) is 0 Å². The minimum atomic E-state index is 0.219. The summed E-state index contributed by atoms with van der Waals surface area (Å²) in [4.78, 5) is 0. The van der Waals surface area contributed by atoms with Crippen LogP contribution in [0.1, 0.15) is 11.6 Å². The van der Waals surface area contributed by atoms with E-state index in [2.05, 4.69) is 11.2 Å². The Labute approximate surface area is 106 Å². The van der Waals surface area contributed by atoms with Crippen LogP contribution in [-0.2, 0) is 0 Å². The highest BCUT2D eigenvalue weighted by Gasteiger charge is 2.23. The highest BCUT2D eigenvalue weighted by Crippen LogP contribution is 2.34. The standard InChI is InChI=1S/C13H15NO2S/c1-2-6-17-7-5-14-12-9-16-13-8-10(15)3-4-11(12)13/h1,3-4,8,12,14-15H,5-7,9H2. The van der Waals surface area contributed by atoms with Gasteiger partial charge in [-0.1, -0.05) is 5.92 Å². The van der Waals surface area contributed by atoms with Crippen LogP contribution < -0.4 is 10.1 Å². The van der Waals surface area contributed by atoms with Crippen LogP contribution in [0, 0.1) is 12.3 Å². The Morgan fingerprint density at radius 2 is 2.47 bits per heavy atom. The molecular formula is C13H15NO2S. The third kappa shape index (κ3) is 3.09. The van der Waals surface area contributed by atoms with Crippen molar-refractivity contribution in [2.75, 3.05) is 24.7 Å². The number of phenols is 1. The monoisotopic (exact) mass is 249 g/mol. The summed E-state index contributed by atoms with van der Waals surface area (Å²) in [6.07, 6.45) is 5.18. The lowest BCUT2D eigenvalue weighted by molar-refractivity contribution is 0.312. The van der Waals surface area contributed by atoms with Crippen LogP contribution in [0.2, 0.25) is 0 Å². The molecule has 2 N–H and O–H groups in total. The minimum Gasteiger partial charge on any atom is -0.508 e. The minimum absolute atomic E-state index is 0.219. The van der Waals surface area contributed by atoms with Crippen molar-refractivity contribution < 1.29 is 9.84 Å². The molecule has 17 heavy (non-hydrogen) atoms. The van der Waals surface area contributed by atoms with E-state index in [1.807, 2.05) is 6.07 Å². The van der Waals surface area contributed by atoms with Crippen LogP contribution in [0.4, 0.5) is 0 Å². The summed E-state index contributed by atoms with van der Waals surface area (Å²) in [6, 6.07) is 5.47. The maximum atomic E-state index is 9.33. The molecule has 0 amide bonds. The van der Waals surface area contributed by atoms with Gasteiger partial charge < -0.3 is 15.2 Å². The summed E-state index contributed by atoms with van der Waals surface area (Å²) in [7, 11) is 0. The lowest BCUT2D eigenvalue weighted by Crippen LogP contribution is -2.24. The molecule has 0 saturated carbocycles. The van der Waals surface area contributed by atoms with Gasteiger partial charge in [0.05, 0.1) is 11.8 Å². The molecule has 0 fully saturated rings. The zero-order valence-corrected chi connectivity index (χ0v) is 10.3. The fraction of sp³-hybridized carbons (Fsp3) is 0.385. The van der Waals surface area contributed by atoms with E-state index in [9.17, 15) is 5.11 Å². The molecule has 0 aromatic heterocycles. The average Bonchev–Trinajstić information content (AvgIpc) is 2.71. The van der Waals surface area contributed by atoms with Crippen molar-refractivity contribution in [2.45, 2.75) is 6.04 Å². The first-order valence-electron chi connectivity index (χ1n) is 5.51. The summed E-state index contributed by atoms with van der Waals surface area (Å²) in [5.41, 5.74) is 1.12. The maximum absolute atomic E-state index is 9.33. The first-order valence-corrected chi connectivity index (χ1v) is 6.67. The Kier molecular flexibility index (Phi) is 4.18. The molecule has 3 nitrogen and oxygen atoms in total. The van der Waals surface area contributed by atoms with Gasteiger partial charge in [0.1, 0.15) is 18.1 Å². The van der Waals surface area contributed by atoms with Crippen LogP contribution in [0.25, 0.3) is 0 Å². The summed E-state index contributed by atoms with van der Waals surface area (Å²) in [5.74, 6) is 5.37. The number of thioether (sulfide) groups is 1. The van der Waals surface area contributed by atoms with Crippen molar-refractivity contribution >= 4 is 11.8 Å². The number of nitrogens with one attached hydrogen (secondary N) is 1. The molecule has 0 radical (unpaired) electrons. The predicted molar refractivity (Wildman–Crippen MR) is 70.5 cm³/mol. The second-order valence-corrected chi connectivity index (χ2v) is 4.90. The number of hydrogen-bond donors (Lipinski definition) is 2. The normalized spacial score (nSPS) is 17.2. The van der Waals surface area contributed by atoms with Crippen molar-refractivity contribution in [1.29, 1.82) is 0 Å². The number of rotatable bonds is 5. The molecule has 0 spiro atoms. The summed E-state index contributed by atoms with van der Waals surface area (Å²) >= 11 is 1.74. The van der Waals surface area contributed by atoms with Crippen LogP contribution in [-0.4, -0.2) is 29.8 Å². The first-order chi connectivity index (χ1) is 8.31. The molecule has 90 valence electrons. The zero-order chi connectivity index (χ0) is 12.1. The number of ether oxygens (including phenoxy) is 1. The molecule has 1 aromatic carbocycles. The van der Waals surface area contributed by atoms with Crippen LogP contribution >= 0.6 is 11.8 Å². The summed E-state index contributed by atoms with van der Waals surface area (Å²) in [6.45, 7) is 1.53. The molecule has 1 aromatic rings. The third-order valence-electron chi connectivity index (χ3n) is 2.60. The van der Waals surface area contributed by atoms with Gasteiger partial charge in [-0.3, -0.25) is 0 Å². The van der Waals surface area contributed by atoms with E-state index >= 15 is 0 Å². The third-order valence-corrected chi connectivity index (χ3v) is 3.46. The number of phenolic OH excluding ortho intramolecular Hbond substituents is 1. The lowest BCUT2D eigenvalue weighted by Gasteiger charge is -2.10. The van der Waals surface area contributed by atoms with Gasteiger partial charge in [0.25, 0.3) is 0 Å². The number of terminal acetylenes is 1. The molecule has 1 atom stereocenters. The predicted octanol–water partition coefficient (Wildman–Crippen LogP) is 1.78. The highest BCUT2D eigenvalue weighted by atomic mass is 32.2. The van der Waals surface area contributed by atoms with Crippen LogP contribution in [0.5, 0.6) is 11.5 Å². The van der Waals surface area contributed by atoms with Gasteiger partial charge in [-0.05, 0) is 12.1 Å². The second kappa shape index (κ2) is 5.85. The van der Waals surface area contributed by atoms with E-state index in [4.69, 9.17) is 11.2 Å². The largest absolute Gasteiger partial charge is 0.508 e. The topological polar surface area (TPSA) is 41.5 Å². The molecule has 0 bridgehead atoms. The highest BCUT2D eigenvalue weighted by molar-refractivity contribution is 7.99. The number of fused-ring (bicyclic) bond motifs is 1. The smallest absolute Gasteiger partial charge is 0.127 e. The fourth-order valence-electron chi connectivity index (χ4n) is 1.80. The Morgan fingerprint density at radius 3 is 3.29 bits per heavy atom. The van der Waals surface area contributed by atoms with E-state index in [0.29, 0.717) is 6.61 Å². The van der Waals surface area contributed by atoms with E-state index in [1.54, 1.807) is 23.9 Å². The van der Waals surface area contributed by atoms with Gasteiger partial charge in [0, 0.05) is 23.9 Å². The van der Waals surface area contributed by atoms with Crippen molar-refractivity contribution in [1.82, 2.24) is 5.32 Å². The van der Waals surface area contributed by atoms with E-state index in [1.165, 1.54) is 0 Å². The second-order valence-electron chi connectivity index (χ2n) is 3.80. The molecule has 1 aliphatic rings. The maximum Gasteiger partial charge on any atom is 0.127 e. The Morgan fingerprint density at radius 1 is 1.59 bits per heavy atom. The van der Waals surface area contributed by atoms with E-state index in [-0.39, 0.29) is 11.8 Å². The van der Waals surface area contributed by atoms with Gasteiger partial charge >= 0.3 is 0 Å². The summed E-state index contributed by atoms with van der Waals surface area (Å²) in [5, 5.41) is 12.8. The van der Waals surface area contributed by atoms with Crippen LogP contribution in [0.3, 0.4) is 0 Å². The van der Waals surface area contributed by atoms with Crippen molar-refractivity contribution in [3.05, 3.63) is 23.8 Å². The Bertz CT molecular complexity index is 428. The average molecular weight is 249 g/mol. The molecule has 0 aliphatic carbocycles. The van der Waals surface area contributed by atoms with Gasteiger partial charge in [-0.25, -0.2) is 0 Å². The van der Waals surface area contributed by atoms with Gasteiger partial charge in [0.15, 0.2) is 0 Å². The van der Waals surface area contributed by atoms with E-state index < -0.39 is 0 Å².